The third-order valence-corrected chi connectivity index (χ3v) is 3.47. The standard InChI is InChI=1S/C14H16Cl2O4/c1-2-20-14(19)8-10(7-13(17)18)5-9-3-4-11(15)12(16)6-9/h3-4,6,10H,2,5,7-8H2,1H3,(H,17,18)/t10-/m1/s1. The number of halogens is 2. The van der Waals surface area contributed by atoms with Crippen LogP contribution in [0.4, 0.5) is 0 Å². The molecule has 0 unspecified atom stereocenters. The van der Waals surface area contributed by atoms with Crippen molar-refractivity contribution in [2.24, 2.45) is 5.92 Å². The van der Waals surface area contributed by atoms with E-state index in [1.165, 1.54) is 0 Å². The smallest absolute Gasteiger partial charge is 0.306 e. The number of carbonyl (C=O) groups is 2. The van der Waals surface area contributed by atoms with Crippen LogP contribution < -0.4 is 0 Å². The molecule has 0 saturated carbocycles. The molecule has 0 amide bonds. The van der Waals surface area contributed by atoms with Gasteiger partial charge in [0.1, 0.15) is 0 Å². The maximum absolute atomic E-state index is 11.5. The van der Waals surface area contributed by atoms with Gasteiger partial charge in [0.15, 0.2) is 0 Å². The summed E-state index contributed by atoms with van der Waals surface area (Å²) in [7, 11) is 0. The second-order valence-corrected chi connectivity index (χ2v) is 5.24. The summed E-state index contributed by atoms with van der Waals surface area (Å²) in [5, 5.41) is 9.76. The molecule has 0 heterocycles. The maximum Gasteiger partial charge on any atom is 0.306 e. The Labute approximate surface area is 127 Å². The molecule has 0 saturated heterocycles. The molecule has 0 aromatic heterocycles. The van der Waals surface area contributed by atoms with Crippen molar-refractivity contribution in [3.63, 3.8) is 0 Å². The predicted molar refractivity (Wildman–Crippen MR) is 77.2 cm³/mol. The molecule has 0 radical (unpaired) electrons. The van der Waals surface area contributed by atoms with E-state index in [2.05, 4.69) is 0 Å². The Morgan fingerprint density at radius 2 is 1.95 bits per heavy atom. The number of benzene rings is 1. The van der Waals surface area contributed by atoms with Gasteiger partial charge in [-0.2, -0.15) is 0 Å². The first kappa shape index (κ1) is 16.8. The minimum Gasteiger partial charge on any atom is -0.481 e. The van der Waals surface area contributed by atoms with E-state index in [1.54, 1.807) is 25.1 Å². The van der Waals surface area contributed by atoms with Crippen molar-refractivity contribution in [1.82, 2.24) is 0 Å². The van der Waals surface area contributed by atoms with Crippen molar-refractivity contribution in [1.29, 1.82) is 0 Å². The lowest BCUT2D eigenvalue weighted by atomic mass is 9.93. The summed E-state index contributed by atoms with van der Waals surface area (Å²) in [4.78, 5) is 22.3. The van der Waals surface area contributed by atoms with E-state index in [9.17, 15) is 9.59 Å². The molecular formula is C14H16Cl2O4. The minimum absolute atomic E-state index is 0.0698. The van der Waals surface area contributed by atoms with E-state index in [4.69, 9.17) is 33.0 Å². The zero-order valence-corrected chi connectivity index (χ0v) is 12.6. The topological polar surface area (TPSA) is 63.6 Å². The van der Waals surface area contributed by atoms with E-state index < -0.39 is 5.97 Å². The lowest BCUT2D eigenvalue weighted by molar-refractivity contribution is -0.145. The number of rotatable bonds is 7. The van der Waals surface area contributed by atoms with Crippen molar-refractivity contribution in [2.45, 2.75) is 26.2 Å². The van der Waals surface area contributed by atoms with Crippen LogP contribution in [0.5, 0.6) is 0 Å². The maximum atomic E-state index is 11.5. The number of ether oxygens (including phenoxy) is 1. The van der Waals surface area contributed by atoms with Crippen LogP contribution in [0.2, 0.25) is 10.0 Å². The van der Waals surface area contributed by atoms with Gasteiger partial charge in [0.05, 0.1) is 16.7 Å². The summed E-state index contributed by atoms with van der Waals surface area (Å²) >= 11 is 11.7. The number of esters is 1. The highest BCUT2D eigenvalue weighted by Gasteiger charge is 2.19. The van der Waals surface area contributed by atoms with Gasteiger partial charge in [0.2, 0.25) is 0 Å². The molecule has 1 atom stereocenters. The predicted octanol–water partition coefficient (Wildman–Crippen LogP) is 3.58. The van der Waals surface area contributed by atoms with Crippen molar-refractivity contribution in [3.05, 3.63) is 33.8 Å². The van der Waals surface area contributed by atoms with Crippen LogP contribution in [0.1, 0.15) is 25.3 Å². The quantitative estimate of drug-likeness (QED) is 0.780. The molecule has 1 N–H and O–H groups in total. The third kappa shape index (κ3) is 5.80. The highest BCUT2D eigenvalue weighted by molar-refractivity contribution is 6.42. The Morgan fingerprint density at radius 1 is 1.25 bits per heavy atom. The second kappa shape index (κ2) is 8.12. The third-order valence-electron chi connectivity index (χ3n) is 2.73. The SMILES string of the molecule is CCOC(=O)C[C@@H](CC(=O)O)Cc1ccc(Cl)c(Cl)c1. The van der Waals surface area contributed by atoms with Crippen LogP contribution in [0.15, 0.2) is 18.2 Å². The second-order valence-electron chi connectivity index (χ2n) is 4.43. The molecule has 4 nitrogen and oxygen atoms in total. The Morgan fingerprint density at radius 3 is 2.50 bits per heavy atom. The Balaban J connectivity index is 2.74. The van der Waals surface area contributed by atoms with Crippen molar-refractivity contribution in [3.8, 4) is 0 Å². The zero-order chi connectivity index (χ0) is 15.1. The molecular weight excluding hydrogens is 303 g/mol. The zero-order valence-electron chi connectivity index (χ0n) is 11.1. The largest absolute Gasteiger partial charge is 0.481 e. The highest BCUT2D eigenvalue weighted by Crippen LogP contribution is 2.25. The van der Waals surface area contributed by atoms with Crippen LogP contribution in [-0.2, 0) is 20.7 Å². The highest BCUT2D eigenvalue weighted by atomic mass is 35.5. The first-order chi connectivity index (χ1) is 9.42. The van der Waals surface area contributed by atoms with Gasteiger partial charge in [-0.3, -0.25) is 9.59 Å². The molecule has 1 rings (SSSR count). The summed E-state index contributed by atoms with van der Waals surface area (Å²) in [5.74, 6) is -1.66. The van der Waals surface area contributed by atoms with Crippen LogP contribution in [-0.4, -0.2) is 23.7 Å². The monoisotopic (exact) mass is 318 g/mol. The van der Waals surface area contributed by atoms with Crippen LogP contribution in [0.25, 0.3) is 0 Å². The van der Waals surface area contributed by atoms with Gasteiger partial charge in [0.25, 0.3) is 0 Å². The fraction of sp³-hybridized carbons (Fsp3) is 0.429. The van der Waals surface area contributed by atoms with Gasteiger partial charge in [0, 0.05) is 12.8 Å². The molecule has 0 aliphatic carbocycles. The Kier molecular flexibility index (Phi) is 6.82. The van der Waals surface area contributed by atoms with E-state index in [0.29, 0.717) is 16.5 Å². The van der Waals surface area contributed by atoms with Crippen LogP contribution in [0, 0.1) is 5.92 Å². The fourth-order valence-corrected chi connectivity index (χ4v) is 2.24. The van der Waals surface area contributed by atoms with Gasteiger partial charge in [-0.15, -0.1) is 0 Å². The van der Waals surface area contributed by atoms with E-state index in [0.717, 1.165) is 5.56 Å². The molecule has 1 aromatic carbocycles. The van der Waals surface area contributed by atoms with E-state index >= 15 is 0 Å². The van der Waals surface area contributed by atoms with Gasteiger partial charge in [-0.05, 0) is 37.0 Å². The molecule has 0 aliphatic heterocycles. The van der Waals surface area contributed by atoms with Crippen molar-refractivity contribution >= 4 is 35.1 Å². The Hall–Kier alpha value is -1.26. The van der Waals surface area contributed by atoms with Crippen LogP contribution in [0.3, 0.4) is 0 Å². The Bertz CT molecular complexity index is 488. The van der Waals surface area contributed by atoms with Gasteiger partial charge in [-0.25, -0.2) is 0 Å². The number of carboxylic acids is 1. The normalized spacial score (nSPS) is 11.9. The van der Waals surface area contributed by atoms with Gasteiger partial charge < -0.3 is 9.84 Å². The molecule has 110 valence electrons. The first-order valence-electron chi connectivity index (χ1n) is 6.23. The number of carbonyl (C=O) groups excluding carboxylic acids is 1. The first-order valence-corrected chi connectivity index (χ1v) is 6.99. The molecule has 6 heteroatoms. The molecule has 20 heavy (non-hydrogen) atoms. The average Bonchev–Trinajstić information content (AvgIpc) is 2.33. The van der Waals surface area contributed by atoms with Crippen molar-refractivity contribution < 1.29 is 19.4 Å². The average molecular weight is 319 g/mol. The molecule has 1 aromatic rings. The van der Waals surface area contributed by atoms with Gasteiger partial charge >= 0.3 is 11.9 Å². The molecule has 0 spiro atoms. The summed E-state index contributed by atoms with van der Waals surface area (Å²) in [6.07, 6.45) is 0.404. The lowest BCUT2D eigenvalue weighted by Gasteiger charge is -2.14. The number of aliphatic carboxylic acids is 1. The van der Waals surface area contributed by atoms with E-state index in [-0.39, 0.29) is 31.3 Å². The lowest BCUT2D eigenvalue weighted by Crippen LogP contribution is -2.17. The molecule has 0 aliphatic rings. The van der Waals surface area contributed by atoms with E-state index in [1.807, 2.05) is 0 Å². The number of hydrogen-bond donors (Lipinski definition) is 1. The summed E-state index contributed by atoms with van der Waals surface area (Å²) in [6.45, 7) is 1.99. The molecule has 0 fully saturated rings. The number of carboxylic acid groups (broad SMARTS) is 1. The van der Waals surface area contributed by atoms with Gasteiger partial charge in [-0.1, -0.05) is 29.3 Å². The minimum atomic E-state index is -0.945. The summed E-state index contributed by atoms with van der Waals surface area (Å²) < 4.78 is 4.86. The number of hydrogen-bond acceptors (Lipinski definition) is 3. The fourth-order valence-electron chi connectivity index (χ4n) is 1.92. The molecule has 0 bridgehead atoms. The van der Waals surface area contributed by atoms with Crippen molar-refractivity contribution in [2.75, 3.05) is 6.61 Å². The summed E-state index contributed by atoms with van der Waals surface area (Å²) in [6, 6.07) is 5.11. The summed E-state index contributed by atoms with van der Waals surface area (Å²) in [5.41, 5.74) is 0.843. The van der Waals surface area contributed by atoms with Crippen LogP contribution >= 0.6 is 23.2 Å².